The maximum absolute atomic E-state index is 12.1. The van der Waals surface area contributed by atoms with Crippen molar-refractivity contribution in [2.24, 2.45) is 0 Å². The zero-order valence-electron chi connectivity index (χ0n) is 16.0. The van der Waals surface area contributed by atoms with E-state index in [9.17, 15) is 4.79 Å². The summed E-state index contributed by atoms with van der Waals surface area (Å²) in [5.41, 5.74) is 2.27. The molecule has 0 aliphatic carbocycles. The van der Waals surface area contributed by atoms with Crippen LogP contribution in [0.4, 0.5) is 0 Å². The van der Waals surface area contributed by atoms with Gasteiger partial charge in [0, 0.05) is 25.6 Å². The number of unbranched alkanes of at least 4 members (excludes halogenated alkanes) is 1. The second-order valence-corrected chi connectivity index (χ2v) is 5.78. The number of amides is 1. The Morgan fingerprint density at radius 1 is 1.11 bits per heavy atom. The van der Waals surface area contributed by atoms with Crippen molar-refractivity contribution >= 4 is 5.91 Å². The molecule has 2 aromatic carbocycles. The second-order valence-electron chi connectivity index (χ2n) is 5.78. The van der Waals surface area contributed by atoms with Crippen LogP contribution in [0.25, 0.3) is 0 Å². The molecule has 0 aliphatic heterocycles. The van der Waals surface area contributed by atoms with Gasteiger partial charge in [0.15, 0.2) is 11.5 Å². The number of ether oxygens (including phenoxy) is 3. The van der Waals surface area contributed by atoms with E-state index in [-0.39, 0.29) is 5.91 Å². The van der Waals surface area contributed by atoms with E-state index < -0.39 is 0 Å². The molecule has 2 aromatic rings. The molecule has 0 atom stereocenters. The van der Waals surface area contributed by atoms with Crippen molar-refractivity contribution in [1.29, 1.82) is 0 Å². The summed E-state index contributed by atoms with van der Waals surface area (Å²) in [5, 5.41) is 2.60. The third-order valence-corrected chi connectivity index (χ3v) is 3.89. The van der Waals surface area contributed by atoms with Gasteiger partial charge in [0.25, 0.3) is 5.91 Å². The highest BCUT2D eigenvalue weighted by Crippen LogP contribution is 2.32. The summed E-state index contributed by atoms with van der Waals surface area (Å²) < 4.78 is 16.3. The summed E-state index contributed by atoms with van der Waals surface area (Å²) in [6.45, 7) is 1.26. The molecule has 5 nitrogen and oxygen atoms in total. The average Bonchev–Trinajstić information content (AvgIpc) is 2.72. The van der Waals surface area contributed by atoms with E-state index in [0.717, 1.165) is 12.0 Å². The van der Waals surface area contributed by atoms with Gasteiger partial charge in [0.1, 0.15) is 0 Å². The third-order valence-electron chi connectivity index (χ3n) is 3.89. The van der Waals surface area contributed by atoms with E-state index in [0.29, 0.717) is 42.3 Å². The molecule has 0 bridgehead atoms. The quantitative estimate of drug-likeness (QED) is 0.574. The van der Waals surface area contributed by atoms with Crippen LogP contribution in [0.3, 0.4) is 0 Å². The number of carbonyl (C=O) groups excluding carboxylic acids is 1. The Hall–Kier alpha value is -2.97. The summed E-state index contributed by atoms with van der Waals surface area (Å²) >= 11 is 0. The molecule has 0 saturated carbocycles. The predicted molar refractivity (Wildman–Crippen MR) is 105 cm³/mol. The first kappa shape index (κ1) is 20.3. The number of rotatable bonds is 8. The van der Waals surface area contributed by atoms with Crippen molar-refractivity contribution < 1.29 is 19.0 Å². The molecule has 1 amide bonds. The number of hydrogen-bond donors (Lipinski definition) is 1. The number of benzene rings is 2. The zero-order chi connectivity index (χ0) is 19.5. The molecule has 0 aliphatic rings. The predicted octanol–water partition coefficient (Wildman–Crippen LogP) is 3.41. The Morgan fingerprint density at radius 2 is 1.89 bits per heavy atom. The van der Waals surface area contributed by atoms with Gasteiger partial charge in [-0.2, -0.15) is 0 Å². The Morgan fingerprint density at radius 3 is 2.56 bits per heavy atom. The molecular formula is C22H25NO4. The number of carbonyl (C=O) groups is 1. The van der Waals surface area contributed by atoms with E-state index in [1.54, 1.807) is 19.2 Å². The van der Waals surface area contributed by atoms with Crippen LogP contribution in [0.2, 0.25) is 0 Å². The summed E-state index contributed by atoms with van der Waals surface area (Å²) in [5.74, 6) is 6.83. The molecule has 2 rings (SSSR count). The molecule has 5 heteroatoms. The van der Waals surface area contributed by atoms with Crippen molar-refractivity contribution in [3.8, 4) is 23.3 Å². The van der Waals surface area contributed by atoms with Crippen LogP contribution in [0.15, 0.2) is 42.5 Å². The Balaban J connectivity index is 1.92. The van der Waals surface area contributed by atoms with Crippen molar-refractivity contribution in [1.82, 2.24) is 5.32 Å². The molecule has 142 valence electrons. The second kappa shape index (κ2) is 10.9. The Bertz CT molecular complexity index is 806. The van der Waals surface area contributed by atoms with Gasteiger partial charge in [-0.25, -0.2) is 0 Å². The standard InChI is InChI=1S/C22H25NO4/c1-23-22(24)19-14-18(15-20(25-2)21(19)26-3)12-8-5-9-13-27-16-17-10-6-4-7-11-17/h4,6-7,10-11,14-15H,5,9,13,16H2,1-3H3,(H,23,24). The van der Waals surface area contributed by atoms with Crippen molar-refractivity contribution in [3.63, 3.8) is 0 Å². The lowest BCUT2D eigenvalue weighted by Gasteiger charge is -2.12. The molecule has 0 spiro atoms. The van der Waals surface area contributed by atoms with Crippen LogP contribution in [0.1, 0.15) is 34.3 Å². The molecule has 0 radical (unpaired) electrons. The first-order chi connectivity index (χ1) is 13.2. The van der Waals surface area contributed by atoms with E-state index in [1.165, 1.54) is 14.2 Å². The Kier molecular flexibility index (Phi) is 8.21. The average molecular weight is 367 g/mol. The molecule has 1 N–H and O–H groups in total. The fourth-order valence-corrected chi connectivity index (χ4v) is 2.53. The molecule has 0 fully saturated rings. The SMILES string of the molecule is CNC(=O)c1cc(C#CCCCOCc2ccccc2)cc(OC)c1OC. The van der Waals surface area contributed by atoms with Crippen LogP contribution in [0, 0.1) is 11.8 Å². The van der Waals surface area contributed by atoms with Gasteiger partial charge in [-0.15, -0.1) is 0 Å². The minimum atomic E-state index is -0.247. The molecule has 0 unspecified atom stereocenters. The highest BCUT2D eigenvalue weighted by molar-refractivity contribution is 5.98. The molecule has 0 aromatic heterocycles. The molecule has 0 heterocycles. The molecule has 27 heavy (non-hydrogen) atoms. The topological polar surface area (TPSA) is 56.8 Å². The molecule has 0 saturated heterocycles. The maximum Gasteiger partial charge on any atom is 0.254 e. The van der Waals surface area contributed by atoms with E-state index in [1.807, 2.05) is 30.3 Å². The third kappa shape index (κ3) is 6.05. The van der Waals surface area contributed by atoms with Gasteiger partial charge < -0.3 is 19.5 Å². The minimum Gasteiger partial charge on any atom is -0.493 e. The largest absolute Gasteiger partial charge is 0.493 e. The van der Waals surface area contributed by atoms with Crippen LogP contribution in [0.5, 0.6) is 11.5 Å². The fraction of sp³-hybridized carbons (Fsp3) is 0.318. The zero-order valence-corrected chi connectivity index (χ0v) is 16.0. The van der Waals surface area contributed by atoms with Crippen LogP contribution >= 0.6 is 0 Å². The van der Waals surface area contributed by atoms with Crippen molar-refractivity contribution in [3.05, 3.63) is 59.2 Å². The summed E-state index contributed by atoms with van der Waals surface area (Å²) in [6.07, 6.45) is 1.55. The van der Waals surface area contributed by atoms with Gasteiger partial charge in [-0.05, 0) is 24.1 Å². The summed E-state index contributed by atoms with van der Waals surface area (Å²) in [7, 11) is 4.61. The number of nitrogens with one attached hydrogen (secondary N) is 1. The van der Waals surface area contributed by atoms with Crippen LogP contribution in [-0.4, -0.2) is 33.8 Å². The van der Waals surface area contributed by atoms with Gasteiger partial charge in [-0.3, -0.25) is 4.79 Å². The smallest absolute Gasteiger partial charge is 0.254 e. The normalized spacial score (nSPS) is 9.89. The van der Waals surface area contributed by atoms with Gasteiger partial charge >= 0.3 is 0 Å². The van der Waals surface area contributed by atoms with Crippen molar-refractivity contribution in [2.45, 2.75) is 19.4 Å². The summed E-state index contributed by atoms with van der Waals surface area (Å²) in [6, 6.07) is 13.6. The maximum atomic E-state index is 12.1. The van der Waals surface area contributed by atoms with Crippen LogP contribution < -0.4 is 14.8 Å². The highest BCUT2D eigenvalue weighted by Gasteiger charge is 2.17. The lowest BCUT2D eigenvalue weighted by molar-refractivity contribution is 0.0959. The number of methoxy groups -OCH3 is 2. The van der Waals surface area contributed by atoms with Gasteiger partial charge in [0.05, 0.1) is 26.4 Å². The Labute approximate surface area is 160 Å². The number of hydrogen-bond acceptors (Lipinski definition) is 4. The van der Waals surface area contributed by atoms with Crippen LogP contribution in [-0.2, 0) is 11.3 Å². The lowest BCUT2D eigenvalue weighted by Crippen LogP contribution is -2.19. The lowest BCUT2D eigenvalue weighted by atomic mass is 10.1. The fourth-order valence-electron chi connectivity index (χ4n) is 2.53. The monoisotopic (exact) mass is 367 g/mol. The van der Waals surface area contributed by atoms with E-state index in [4.69, 9.17) is 14.2 Å². The van der Waals surface area contributed by atoms with Gasteiger partial charge in [-0.1, -0.05) is 42.2 Å². The summed E-state index contributed by atoms with van der Waals surface area (Å²) in [4.78, 5) is 12.1. The first-order valence-electron chi connectivity index (χ1n) is 8.78. The van der Waals surface area contributed by atoms with E-state index >= 15 is 0 Å². The van der Waals surface area contributed by atoms with E-state index in [2.05, 4.69) is 17.2 Å². The highest BCUT2D eigenvalue weighted by atomic mass is 16.5. The first-order valence-corrected chi connectivity index (χ1v) is 8.78. The van der Waals surface area contributed by atoms with Gasteiger partial charge in [0.2, 0.25) is 0 Å². The minimum absolute atomic E-state index is 0.247. The molecular weight excluding hydrogens is 342 g/mol. The van der Waals surface area contributed by atoms with Crippen molar-refractivity contribution in [2.75, 3.05) is 27.9 Å².